The molecule has 2 aromatic carbocycles. The first-order valence-electron chi connectivity index (χ1n) is 7.72. The van der Waals surface area contributed by atoms with Gasteiger partial charge in [-0.05, 0) is 24.5 Å². The number of benzene rings is 2. The Bertz CT molecular complexity index is 707. The van der Waals surface area contributed by atoms with Crippen LogP contribution in [0.25, 0.3) is 0 Å². The summed E-state index contributed by atoms with van der Waals surface area (Å²) in [6.45, 7) is 0.422. The zero-order valence-corrected chi connectivity index (χ0v) is 13.4. The van der Waals surface area contributed by atoms with Crippen molar-refractivity contribution < 1.29 is 19.0 Å². The van der Waals surface area contributed by atoms with E-state index in [0.717, 1.165) is 24.0 Å². The first kappa shape index (κ1) is 15.4. The van der Waals surface area contributed by atoms with Gasteiger partial charge in [0.15, 0.2) is 17.3 Å². The van der Waals surface area contributed by atoms with Crippen LogP contribution in [-0.4, -0.2) is 20.0 Å². The van der Waals surface area contributed by atoms with Crippen LogP contribution in [0.15, 0.2) is 36.4 Å². The van der Waals surface area contributed by atoms with Gasteiger partial charge in [-0.1, -0.05) is 30.3 Å². The molecule has 23 heavy (non-hydrogen) atoms. The lowest BCUT2D eigenvalue weighted by molar-refractivity contribution is 0.0970. The molecular weight excluding hydrogens is 292 g/mol. The minimum atomic E-state index is 0.136. The number of rotatable bonds is 5. The van der Waals surface area contributed by atoms with Crippen molar-refractivity contribution in [2.45, 2.75) is 25.9 Å². The number of ketones is 1. The summed E-state index contributed by atoms with van der Waals surface area (Å²) in [5.41, 5.74) is 2.68. The highest BCUT2D eigenvalue weighted by Crippen LogP contribution is 2.44. The van der Waals surface area contributed by atoms with Gasteiger partial charge < -0.3 is 14.2 Å². The molecule has 0 amide bonds. The van der Waals surface area contributed by atoms with Crippen molar-refractivity contribution in [3.63, 3.8) is 0 Å². The summed E-state index contributed by atoms with van der Waals surface area (Å²) in [5.74, 6) is 1.84. The van der Waals surface area contributed by atoms with Gasteiger partial charge in [0.05, 0.1) is 14.2 Å². The number of hydrogen-bond acceptors (Lipinski definition) is 4. The minimum absolute atomic E-state index is 0.136. The molecule has 0 aromatic heterocycles. The highest BCUT2D eigenvalue weighted by Gasteiger charge is 2.27. The van der Waals surface area contributed by atoms with Crippen LogP contribution in [0.4, 0.5) is 0 Å². The second-order valence-electron chi connectivity index (χ2n) is 5.52. The molecule has 1 aliphatic carbocycles. The summed E-state index contributed by atoms with van der Waals surface area (Å²) in [6, 6.07) is 11.7. The van der Waals surface area contributed by atoms with E-state index in [1.165, 1.54) is 0 Å². The Morgan fingerprint density at radius 1 is 1.00 bits per heavy atom. The van der Waals surface area contributed by atoms with Crippen molar-refractivity contribution >= 4 is 5.78 Å². The van der Waals surface area contributed by atoms with E-state index in [9.17, 15) is 4.79 Å². The van der Waals surface area contributed by atoms with Gasteiger partial charge in [0.2, 0.25) is 5.75 Å². The van der Waals surface area contributed by atoms with E-state index in [2.05, 4.69) is 0 Å². The average molecular weight is 312 g/mol. The van der Waals surface area contributed by atoms with E-state index in [4.69, 9.17) is 14.2 Å². The monoisotopic (exact) mass is 312 g/mol. The molecule has 4 nitrogen and oxygen atoms in total. The molecule has 0 fully saturated rings. The Labute approximate surface area is 136 Å². The first-order valence-corrected chi connectivity index (χ1v) is 7.72. The maximum absolute atomic E-state index is 12.2. The summed E-state index contributed by atoms with van der Waals surface area (Å²) in [5, 5.41) is 0. The Hall–Kier alpha value is -2.49. The molecule has 0 saturated heterocycles. The third-order valence-electron chi connectivity index (χ3n) is 4.09. The summed E-state index contributed by atoms with van der Waals surface area (Å²) >= 11 is 0. The summed E-state index contributed by atoms with van der Waals surface area (Å²) in [4.78, 5) is 12.2. The number of hydrogen-bond donors (Lipinski definition) is 0. The molecule has 3 rings (SSSR count). The smallest absolute Gasteiger partial charge is 0.203 e. The van der Waals surface area contributed by atoms with Crippen LogP contribution >= 0.6 is 0 Å². The van der Waals surface area contributed by atoms with Crippen molar-refractivity contribution in [1.29, 1.82) is 0 Å². The Morgan fingerprint density at radius 3 is 2.48 bits per heavy atom. The fourth-order valence-electron chi connectivity index (χ4n) is 2.94. The van der Waals surface area contributed by atoms with E-state index < -0.39 is 0 Å². The van der Waals surface area contributed by atoms with Crippen molar-refractivity contribution in [2.24, 2.45) is 0 Å². The van der Waals surface area contributed by atoms with Gasteiger partial charge in [-0.2, -0.15) is 0 Å². The van der Waals surface area contributed by atoms with E-state index >= 15 is 0 Å². The van der Waals surface area contributed by atoms with Crippen LogP contribution in [0.1, 0.15) is 34.3 Å². The van der Waals surface area contributed by atoms with Gasteiger partial charge in [0.1, 0.15) is 6.61 Å². The van der Waals surface area contributed by atoms with E-state index in [-0.39, 0.29) is 5.78 Å². The van der Waals surface area contributed by atoms with Crippen LogP contribution in [0, 0.1) is 0 Å². The van der Waals surface area contributed by atoms with Crippen LogP contribution in [0.5, 0.6) is 17.2 Å². The Balaban J connectivity index is 2.02. The fraction of sp³-hybridized carbons (Fsp3) is 0.316. The largest absolute Gasteiger partial charge is 0.493 e. The second-order valence-corrected chi connectivity index (χ2v) is 5.52. The van der Waals surface area contributed by atoms with E-state index in [0.29, 0.717) is 35.8 Å². The predicted molar refractivity (Wildman–Crippen MR) is 87.6 cm³/mol. The quantitative estimate of drug-likeness (QED) is 0.842. The molecule has 0 heterocycles. The van der Waals surface area contributed by atoms with Gasteiger partial charge in [0, 0.05) is 17.5 Å². The molecule has 2 aromatic rings. The van der Waals surface area contributed by atoms with Crippen molar-refractivity contribution in [2.75, 3.05) is 14.2 Å². The molecule has 0 N–H and O–H groups in total. The third kappa shape index (κ3) is 3.02. The van der Waals surface area contributed by atoms with Gasteiger partial charge in [-0.25, -0.2) is 0 Å². The highest BCUT2D eigenvalue weighted by molar-refractivity contribution is 6.00. The SMILES string of the molecule is COc1cc2c(c(OCc3ccccc3)c1OC)CCCC2=O. The lowest BCUT2D eigenvalue weighted by Gasteiger charge is -2.23. The third-order valence-corrected chi connectivity index (χ3v) is 4.09. The van der Waals surface area contributed by atoms with Crippen molar-refractivity contribution in [3.8, 4) is 17.2 Å². The maximum atomic E-state index is 12.2. The van der Waals surface area contributed by atoms with Gasteiger partial charge in [-0.3, -0.25) is 4.79 Å². The number of Topliss-reactive ketones (excluding diaryl/α,β-unsaturated/α-hetero) is 1. The number of methoxy groups -OCH3 is 2. The Kier molecular flexibility index (Phi) is 4.51. The van der Waals surface area contributed by atoms with Gasteiger partial charge >= 0.3 is 0 Å². The zero-order valence-electron chi connectivity index (χ0n) is 13.4. The fourth-order valence-corrected chi connectivity index (χ4v) is 2.94. The Morgan fingerprint density at radius 2 is 1.78 bits per heavy atom. The minimum Gasteiger partial charge on any atom is -0.493 e. The van der Waals surface area contributed by atoms with Crippen LogP contribution < -0.4 is 14.2 Å². The van der Waals surface area contributed by atoms with Crippen LogP contribution in [-0.2, 0) is 13.0 Å². The molecule has 0 saturated carbocycles. The van der Waals surface area contributed by atoms with E-state index in [1.807, 2.05) is 30.3 Å². The molecule has 120 valence electrons. The molecule has 0 radical (unpaired) electrons. The van der Waals surface area contributed by atoms with Crippen molar-refractivity contribution in [1.82, 2.24) is 0 Å². The first-order chi connectivity index (χ1) is 11.2. The van der Waals surface area contributed by atoms with Gasteiger partial charge in [-0.15, -0.1) is 0 Å². The molecule has 4 heteroatoms. The molecule has 1 aliphatic rings. The molecule has 0 atom stereocenters. The lowest BCUT2D eigenvalue weighted by atomic mass is 9.89. The average Bonchev–Trinajstić information content (AvgIpc) is 2.60. The normalized spacial score (nSPS) is 13.4. The predicted octanol–water partition coefficient (Wildman–Crippen LogP) is 3.80. The van der Waals surface area contributed by atoms with Crippen LogP contribution in [0.2, 0.25) is 0 Å². The van der Waals surface area contributed by atoms with E-state index in [1.54, 1.807) is 20.3 Å². The molecular formula is C19H20O4. The van der Waals surface area contributed by atoms with Crippen molar-refractivity contribution in [3.05, 3.63) is 53.1 Å². The number of ether oxygens (including phenoxy) is 3. The van der Waals surface area contributed by atoms with Crippen LogP contribution in [0.3, 0.4) is 0 Å². The standard InChI is InChI=1S/C19H20O4/c1-21-17-11-15-14(9-6-10-16(15)20)18(19(17)22-2)23-12-13-7-4-3-5-8-13/h3-5,7-8,11H,6,9-10,12H2,1-2H3. The molecule has 0 aliphatic heterocycles. The molecule has 0 unspecified atom stereocenters. The molecule has 0 spiro atoms. The number of fused-ring (bicyclic) bond motifs is 1. The topological polar surface area (TPSA) is 44.8 Å². The zero-order chi connectivity index (χ0) is 16.2. The summed E-state index contributed by atoms with van der Waals surface area (Å²) in [6.07, 6.45) is 2.22. The lowest BCUT2D eigenvalue weighted by Crippen LogP contribution is -2.14. The highest BCUT2D eigenvalue weighted by atomic mass is 16.5. The molecule has 0 bridgehead atoms. The number of carbonyl (C=O) groups is 1. The maximum Gasteiger partial charge on any atom is 0.203 e. The summed E-state index contributed by atoms with van der Waals surface area (Å²) in [7, 11) is 3.16. The second kappa shape index (κ2) is 6.73. The van der Waals surface area contributed by atoms with Gasteiger partial charge in [0.25, 0.3) is 0 Å². The number of carbonyl (C=O) groups excluding carboxylic acids is 1. The summed E-state index contributed by atoms with van der Waals surface area (Å²) < 4.78 is 16.9.